The highest BCUT2D eigenvalue weighted by Crippen LogP contribution is 2.26. The first-order valence-electron chi connectivity index (χ1n) is 10.2. The van der Waals surface area contributed by atoms with E-state index in [0.29, 0.717) is 11.3 Å². The van der Waals surface area contributed by atoms with Gasteiger partial charge in [0.25, 0.3) is 0 Å². The van der Waals surface area contributed by atoms with Crippen LogP contribution in [0.25, 0.3) is 23.0 Å². The van der Waals surface area contributed by atoms with Gasteiger partial charge in [-0.15, -0.1) is 0 Å². The Morgan fingerprint density at radius 3 is 2.03 bits per heavy atom. The maximum atomic E-state index is 12.7. The molecule has 0 fully saturated rings. The van der Waals surface area contributed by atoms with Crippen molar-refractivity contribution in [1.82, 2.24) is 9.78 Å². The number of hydrogen-bond donors (Lipinski definition) is 0. The van der Waals surface area contributed by atoms with E-state index in [1.807, 2.05) is 60.3 Å². The van der Waals surface area contributed by atoms with Crippen LogP contribution in [-0.4, -0.2) is 29.8 Å². The monoisotopic (exact) mass is 424 g/mol. The van der Waals surface area contributed by atoms with Crippen LogP contribution in [0.5, 0.6) is 11.5 Å². The summed E-state index contributed by atoms with van der Waals surface area (Å²) < 4.78 is 12.2. The summed E-state index contributed by atoms with van der Waals surface area (Å²) in [4.78, 5) is 12.7. The quantitative estimate of drug-likeness (QED) is 0.280. The average molecular weight is 425 g/mol. The van der Waals surface area contributed by atoms with Crippen molar-refractivity contribution in [3.63, 3.8) is 0 Å². The van der Waals surface area contributed by atoms with E-state index in [1.165, 1.54) is 5.56 Å². The third-order valence-corrected chi connectivity index (χ3v) is 5.19. The van der Waals surface area contributed by atoms with E-state index in [-0.39, 0.29) is 5.78 Å². The predicted octanol–water partition coefficient (Wildman–Crippen LogP) is 5.76. The van der Waals surface area contributed by atoms with Crippen molar-refractivity contribution in [2.24, 2.45) is 0 Å². The SMILES string of the molecule is COc1ccc(C(=O)/C=C/c2cn(-c3ccc(OC)cc3)nc2-c2ccc(C)cc2)cc1. The molecule has 0 unspecified atom stereocenters. The largest absolute Gasteiger partial charge is 0.497 e. The summed E-state index contributed by atoms with van der Waals surface area (Å²) in [5, 5.41) is 4.81. The van der Waals surface area contributed by atoms with Gasteiger partial charge in [0.1, 0.15) is 11.5 Å². The van der Waals surface area contributed by atoms with E-state index in [9.17, 15) is 4.79 Å². The molecule has 0 amide bonds. The summed E-state index contributed by atoms with van der Waals surface area (Å²) in [6.45, 7) is 2.05. The number of allylic oxidation sites excluding steroid dienone is 1. The maximum absolute atomic E-state index is 12.7. The lowest BCUT2D eigenvalue weighted by Crippen LogP contribution is -1.95. The molecule has 0 aliphatic rings. The number of aromatic nitrogens is 2. The zero-order valence-corrected chi connectivity index (χ0v) is 18.3. The van der Waals surface area contributed by atoms with E-state index in [0.717, 1.165) is 28.3 Å². The standard InChI is InChI=1S/C27H24N2O3/c1-19-4-6-21(7-5-19)27-22(10-17-26(30)20-8-13-24(31-2)14-9-20)18-29(28-27)23-11-15-25(32-3)16-12-23/h4-18H,1-3H3/b17-10+. The molecule has 1 heterocycles. The van der Waals surface area contributed by atoms with Gasteiger partial charge in [0, 0.05) is 22.9 Å². The van der Waals surface area contributed by atoms with Crippen molar-refractivity contribution in [2.45, 2.75) is 6.92 Å². The number of carbonyl (C=O) groups is 1. The second kappa shape index (κ2) is 9.35. The first-order valence-corrected chi connectivity index (χ1v) is 10.2. The van der Waals surface area contributed by atoms with Gasteiger partial charge in [-0.25, -0.2) is 4.68 Å². The Bertz CT molecular complexity index is 1240. The highest BCUT2D eigenvalue weighted by atomic mass is 16.5. The van der Waals surface area contributed by atoms with Crippen molar-refractivity contribution >= 4 is 11.9 Å². The Morgan fingerprint density at radius 1 is 0.844 bits per heavy atom. The molecular formula is C27H24N2O3. The highest BCUT2D eigenvalue weighted by Gasteiger charge is 2.12. The molecule has 0 radical (unpaired) electrons. The summed E-state index contributed by atoms with van der Waals surface area (Å²) >= 11 is 0. The van der Waals surface area contributed by atoms with Gasteiger partial charge in [-0.05, 0) is 67.6 Å². The van der Waals surface area contributed by atoms with Crippen LogP contribution in [0.2, 0.25) is 0 Å². The van der Waals surface area contributed by atoms with E-state index in [1.54, 1.807) is 44.6 Å². The van der Waals surface area contributed by atoms with Crippen LogP contribution >= 0.6 is 0 Å². The zero-order valence-electron chi connectivity index (χ0n) is 18.3. The van der Waals surface area contributed by atoms with Crippen LogP contribution in [0, 0.1) is 6.92 Å². The molecule has 32 heavy (non-hydrogen) atoms. The lowest BCUT2D eigenvalue weighted by molar-refractivity contribution is 0.104. The van der Waals surface area contributed by atoms with Crippen LogP contribution in [0.1, 0.15) is 21.5 Å². The summed E-state index contributed by atoms with van der Waals surface area (Å²) in [7, 11) is 3.24. The summed E-state index contributed by atoms with van der Waals surface area (Å²) in [6.07, 6.45) is 5.32. The van der Waals surface area contributed by atoms with Gasteiger partial charge in [0.05, 0.1) is 25.6 Å². The topological polar surface area (TPSA) is 53.4 Å². The van der Waals surface area contributed by atoms with E-state index in [4.69, 9.17) is 14.6 Å². The molecule has 3 aromatic carbocycles. The number of hydrogen-bond acceptors (Lipinski definition) is 4. The smallest absolute Gasteiger partial charge is 0.185 e. The summed E-state index contributed by atoms with van der Waals surface area (Å²) in [5.41, 5.74) is 5.32. The number of nitrogens with zero attached hydrogens (tertiary/aromatic N) is 2. The van der Waals surface area contributed by atoms with E-state index >= 15 is 0 Å². The number of methoxy groups -OCH3 is 2. The average Bonchev–Trinajstić information content (AvgIpc) is 3.27. The molecule has 0 atom stereocenters. The Labute approximate surface area is 187 Å². The Kier molecular flexibility index (Phi) is 6.17. The normalized spacial score (nSPS) is 11.0. The van der Waals surface area contributed by atoms with Crippen molar-refractivity contribution in [3.05, 3.63) is 102 Å². The molecule has 160 valence electrons. The fourth-order valence-electron chi connectivity index (χ4n) is 3.33. The minimum atomic E-state index is -0.0836. The number of ketones is 1. The Balaban J connectivity index is 1.69. The van der Waals surface area contributed by atoms with Gasteiger partial charge in [-0.1, -0.05) is 29.8 Å². The molecule has 4 rings (SSSR count). The van der Waals surface area contributed by atoms with Gasteiger partial charge in [-0.2, -0.15) is 5.10 Å². The molecule has 0 saturated heterocycles. The van der Waals surface area contributed by atoms with E-state index in [2.05, 4.69) is 12.1 Å². The van der Waals surface area contributed by atoms with Gasteiger partial charge >= 0.3 is 0 Å². The molecule has 0 N–H and O–H groups in total. The lowest BCUT2D eigenvalue weighted by atomic mass is 10.0. The van der Waals surface area contributed by atoms with Crippen LogP contribution in [0.15, 0.2) is 85.1 Å². The third-order valence-electron chi connectivity index (χ3n) is 5.19. The number of rotatable bonds is 7. The van der Waals surface area contributed by atoms with Crippen molar-refractivity contribution < 1.29 is 14.3 Å². The van der Waals surface area contributed by atoms with Crippen LogP contribution in [0.3, 0.4) is 0 Å². The lowest BCUT2D eigenvalue weighted by Gasteiger charge is -2.03. The second-order valence-electron chi connectivity index (χ2n) is 7.37. The number of ether oxygens (including phenoxy) is 2. The minimum Gasteiger partial charge on any atom is -0.497 e. The Hall–Kier alpha value is -4.12. The summed E-state index contributed by atoms with van der Waals surface area (Å²) in [5.74, 6) is 1.41. The predicted molar refractivity (Wildman–Crippen MR) is 127 cm³/mol. The van der Waals surface area contributed by atoms with E-state index < -0.39 is 0 Å². The minimum absolute atomic E-state index is 0.0836. The van der Waals surface area contributed by atoms with Gasteiger partial charge in [-0.3, -0.25) is 4.79 Å². The number of carbonyl (C=O) groups excluding carboxylic acids is 1. The van der Waals surface area contributed by atoms with Gasteiger partial charge in [0.2, 0.25) is 0 Å². The van der Waals surface area contributed by atoms with Gasteiger partial charge in [0.15, 0.2) is 5.78 Å². The fourth-order valence-corrected chi connectivity index (χ4v) is 3.33. The molecule has 5 nitrogen and oxygen atoms in total. The molecule has 0 aliphatic carbocycles. The van der Waals surface area contributed by atoms with Crippen LogP contribution in [-0.2, 0) is 0 Å². The summed E-state index contributed by atoms with van der Waals surface area (Å²) in [6, 6.07) is 22.9. The van der Waals surface area contributed by atoms with Gasteiger partial charge < -0.3 is 9.47 Å². The van der Waals surface area contributed by atoms with Crippen LogP contribution < -0.4 is 9.47 Å². The Morgan fingerprint density at radius 2 is 1.44 bits per heavy atom. The third kappa shape index (κ3) is 4.62. The molecule has 4 aromatic rings. The first kappa shape index (κ1) is 21.1. The molecule has 0 spiro atoms. The first-order chi connectivity index (χ1) is 15.6. The molecule has 5 heteroatoms. The molecular weight excluding hydrogens is 400 g/mol. The molecule has 0 bridgehead atoms. The molecule has 1 aromatic heterocycles. The van der Waals surface area contributed by atoms with Crippen molar-refractivity contribution in [1.29, 1.82) is 0 Å². The number of benzene rings is 3. The number of aryl methyl sites for hydroxylation is 1. The highest BCUT2D eigenvalue weighted by molar-refractivity contribution is 6.07. The van der Waals surface area contributed by atoms with Crippen molar-refractivity contribution in [2.75, 3.05) is 14.2 Å². The molecule has 0 aliphatic heterocycles. The second-order valence-corrected chi connectivity index (χ2v) is 7.37. The van der Waals surface area contributed by atoms with Crippen LogP contribution in [0.4, 0.5) is 0 Å². The maximum Gasteiger partial charge on any atom is 0.185 e. The fraction of sp³-hybridized carbons (Fsp3) is 0.111. The molecule has 0 saturated carbocycles. The van der Waals surface area contributed by atoms with Crippen molar-refractivity contribution in [3.8, 4) is 28.4 Å². The zero-order chi connectivity index (χ0) is 22.5.